The molecule has 1 N–H and O–H groups in total. The van der Waals surface area contributed by atoms with Crippen LogP contribution in [0.3, 0.4) is 0 Å². The van der Waals surface area contributed by atoms with Gasteiger partial charge in [-0.25, -0.2) is 0 Å². The van der Waals surface area contributed by atoms with E-state index < -0.39 is 0 Å². The third-order valence-corrected chi connectivity index (χ3v) is 8.03. The molecular formula is C27H41N5O3. The van der Waals surface area contributed by atoms with Crippen molar-refractivity contribution in [1.29, 1.82) is 0 Å². The number of morpholine rings is 1. The van der Waals surface area contributed by atoms with Crippen LogP contribution in [0.2, 0.25) is 0 Å². The van der Waals surface area contributed by atoms with Crippen LogP contribution in [0.25, 0.3) is 0 Å². The van der Waals surface area contributed by atoms with Crippen LogP contribution in [0, 0.1) is 12.8 Å². The number of benzene rings is 1. The maximum atomic E-state index is 13.6. The zero-order valence-electron chi connectivity index (χ0n) is 21.2. The van der Waals surface area contributed by atoms with Crippen molar-refractivity contribution in [2.45, 2.75) is 44.8 Å². The summed E-state index contributed by atoms with van der Waals surface area (Å²) in [6.45, 7) is 12.2. The molecule has 2 unspecified atom stereocenters. The van der Waals surface area contributed by atoms with Gasteiger partial charge in [0.1, 0.15) is 6.04 Å². The molecule has 1 aromatic rings. The monoisotopic (exact) mass is 483 g/mol. The minimum atomic E-state index is -0.324. The van der Waals surface area contributed by atoms with Crippen LogP contribution in [0.5, 0.6) is 0 Å². The standard InChI is InChI=1S/C27H41N5O3/c1-21-2-4-22(5-3-21)19-31(13-12-29-14-16-35-17-15-29)24-18-25(27(34)30-10-8-28-9-11-30)32(20-24)26(33)23-6-7-23/h2-5,23-25,28H,6-20H2,1H3. The molecule has 5 rings (SSSR count). The Morgan fingerprint density at radius 1 is 1.03 bits per heavy atom. The van der Waals surface area contributed by atoms with E-state index in [0.29, 0.717) is 6.54 Å². The van der Waals surface area contributed by atoms with E-state index in [9.17, 15) is 9.59 Å². The first-order valence-electron chi connectivity index (χ1n) is 13.5. The van der Waals surface area contributed by atoms with E-state index in [-0.39, 0.29) is 29.8 Å². The molecule has 8 heteroatoms. The van der Waals surface area contributed by atoms with E-state index in [0.717, 1.165) is 91.4 Å². The highest BCUT2D eigenvalue weighted by atomic mass is 16.5. The number of hydrogen-bond acceptors (Lipinski definition) is 6. The molecule has 2 atom stereocenters. The molecule has 192 valence electrons. The highest BCUT2D eigenvalue weighted by molar-refractivity contribution is 5.90. The Hall–Kier alpha value is -2.00. The first-order valence-corrected chi connectivity index (χ1v) is 13.5. The molecular weight excluding hydrogens is 442 g/mol. The van der Waals surface area contributed by atoms with Crippen LogP contribution in [0.1, 0.15) is 30.4 Å². The van der Waals surface area contributed by atoms with Crippen molar-refractivity contribution < 1.29 is 14.3 Å². The summed E-state index contributed by atoms with van der Waals surface area (Å²) in [5.41, 5.74) is 2.55. The van der Waals surface area contributed by atoms with Gasteiger partial charge in [-0.1, -0.05) is 29.8 Å². The Bertz CT molecular complexity index is 862. The largest absolute Gasteiger partial charge is 0.379 e. The van der Waals surface area contributed by atoms with Crippen molar-refractivity contribution in [2.24, 2.45) is 5.92 Å². The first-order chi connectivity index (χ1) is 17.1. The van der Waals surface area contributed by atoms with Gasteiger partial charge < -0.3 is 19.9 Å². The Morgan fingerprint density at radius 2 is 1.74 bits per heavy atom. The molecule has 0 spiro atoms. The van der Waals surface area contributed by atoms with Gasteiger partial charge in [0.05, 0.1) is 13.2 Å². The van der Waals surface area contributed by atoms with Crippen LogP contribution in [-0.4, -0.2) is 116 Å². The summed E-state index contributed by atoms with van der Waals surface area (Å²) < 4.78 is 5.53. The predicted molar refractivity (Wildman–Crippen MR) is 135 cm³/mol. The lowest BCUT2D eigenvalue weighted by Gasteiger charge is -2.33. The van der Waals surface area contributed by atoms with Gasteiger partial charge in [0.2, 0.25) is 11.8 Å². The number of piperazine rings is 1. The van der Waals surface area contributed by atoms with Gasteiger partial charge in [0.15, 0.2) is 0 Å². The lowest BCUT2D eigenvalue weighted by Crippen LogP contribution is -2.53. The number of carbonyl (C=O) groups excluding carboxylic acids is 2. The van der Waals surface area contributed by atoms with Gasteiger partial charge in [-0.15, -0.1) is 0 Å². The molecule has 1 aromatic carbocycles. The van der Waals surface area contributed by atoms with E-state index in [2.05, 4.69) is 46.3 Å². The summed E-state index contributed by atoms with van der Waals surface area (Å²) in [7, 11) is 0. The number of rotatable bonds is 8. The molecule has 2 amide bonds. The second kappa shape index (κ2) is 11.4. The third kappa shape index (κ3) is 6.23. The van der Waals surface area contributed by atoms with Gasteiger partial charge >= 0.3 is 0 Å². The molecule has 8 nitrogen and oxygen atoms in total. The fourth-order valence-corrected chi connectivity index (χ4v) is 5.63. The summed E-state index contributed by atoms with van der Waals surface area (Å²) in [5, 5.41) is 3.33. The zero-order chi connectivity index (χ0) is 24.2. The Morgan fingerprint density at radius 3 is 2.43 bits per heavy atom. The van der Waals surface area contributed by atoms with Gasteiger partial charge in [-0.3, -0.25) is 19.4 Å². The maximum absolute atomic E-state index is 13.6. The van der Waals surface area contributed by atoms with Crippen LogP contribution in [-0.2, 0) is 20.9 Å². The molecule has 3 aliphatic heterocycles. The molecule has 4 aliphatic rings. The number of nitrogens with one attached hydrogen (secondary N) is 1. The SMILES string of the molecule is Cc1ccc(CN(CCN2CCOCC2)C2CC(C(=O)N3CCNCC3)N(C(=O)C3CC3)C2)cc1. The Kier molecular flexibility index (Phi) is 8.02. The number of nitrogens with zero attached hydrogens (tertiary/aromatic N) is 4. The fourth-order valence-electron chi connectivity index (χ4n) is 5.63. The van der Waals surface area contributed by atoms with Crippen molar-refractivity contribution in [1.82, 2.24) is 24.9 Å². The molecule has 0 radical (unpaired) electrons. The van der Waals surface area contributed by atoms with E-state index >= 15 is 0 Å². The van der Waals surface area contributed by atoms with E-state index in [1.807, 2.05) is 9.80 Å². The normalized spacial score (nSPS) is 25.9. The summed E-state index contributed by atoms with van der Waals surface area (Å²) in [5.74, 6) is 0.474. The van der Waals surface area contributed by atoms with E-state index in [4.69, 9.17) is 4.74 Å². The summed E-state index contributed by atoms with van der Waals surface area (Å²) in [6.07, 6.45) is 2.67. The molecule has 1 saturated carbocycles. The molecule has 0 aromatic heterocycles. The zero-order valence-corrected chi connectivity index (χ0v) is 21.2. The number of ether oxygens (including phenoxy) is 1. The van der Waals surface area contributed by atoms with Crippen LogP contribution in [0.15, 0.2) is 24.3 Å². The number of hydrogen-bond donors (Lipinski definition) is 1. The summed E-state index contributed by atoms with van der Waals surface area (Å²) in [6, 6.07) is 8.63. The molecule has 3 saturated heterocycles. The summed E-state index contributed by atoms with van der Waals surface area (Å²) in [4.78, 5) is 35.8. The quantitative estimate of drug-likeness (QED) is 0.594. The van der Waals surface area contributed by atoms with Crippen molar-refractivity contribution in [3.8, 4) is 0 Å². The van der Waals surface area contributed by atoms with E-state index in [1.54, 1.807) is 0 Å². The number of aryl methyl sites for hydroxylation is 1. The van der Waals surface area contributed by atoms with Crippen LogP contribution >= 0.6 is 0 Å². The fraction of sp³-hybridized carbons (Fsp3) is 0.704. The van der Waals surface area contributed by atoms with Crippen molar-refractivity contribution in [2.75, 3.05) is 72.1 Å². The second-order valence-electron chi connectivity index (χ2n) is 10.7. The average molecular weight is 484 g/mol. The van der Waals surface area contributed by atoms with Gasteiger partial charge in [0, 0.05) is 77.4 Å². The molecule has 35 heavy (non-hydrogen) atoms. The first kappa shape index (κ1) is 24.7. The van der Waals surface area contributed by atoms with Crippen molar-refractivity contribution in [3.63, 3.8) is 0 Å². The summed E-state index contributed by atoms with van der Waals surface area (Å²) >= 11 is 0. The van der Waals surface area contributed by atoms with Crippen LogP contribution < -0.4 is 5.32 Å². The maximum Gasteiger partial charge on any atom is 0.245 e. The third-order valence-electron chi connectivity index (χ3n) is 8.03. The smallest absolute Gasteiger partial charge is 0.245 e. The van der Waals surface area contributed by atoms with Crippen molar-refractivity contribution in [3.05, 3.63) is 35.4 Å². The highest BCUT2D eigenvalue weighted by Gasteiger charge is 2.46. The number of likely N-dealkylation sites (tertiary alicyclic amines) is 1. The van der Waals surface area contributed by atoms with Gasteiger partial charge in [0.25, 0.3) is 0 Å². The van der Waals surface area contributed by atoms with Gasteiger partial charge in [-0.2, -0.15) is 0 Å². The number of amides is 2. The van der Waals surface area contributed by atoms with Crippen molar-refractivity contribution >= 4 is 11.8 Å². The topological polar surface area (TPSA) is 68.4 Å². The lowest BCUT2D eigenvalue weighted by atomic mass is 10.1. The van der Waals surface area contributed by atoms with Gasteiger partial charge in [-0.05, 0) is 31.7 Å². The minimum absolute atomic E-state index is 0.131. The molecule has 0 bridgehead atoms. The molecule has 4 fully saturated rings. The van der Waals surface area contributed by atoms with E-state index in [1.165, 1.54) is 11.1 Å². The number of carbonyl (C=O) groups is 2. The molecule has 3 heterocycles. The minimum Gasteiger partial charge on any atom is -0.379 e. The second-order valence-corrected chi connectivity index (χ2v) is 10.7. The van der Waals surface area contributed by atoms with Crippen LogP contribution in [0.4, 0.5) is 0 Å². The predicted octanol–water partition coefficient (Wildman–Crippen LogP) is 0.941. The lowest BCUT2D eigenvalue weighted by molar-refractivity contribution is -0.144. The highest BCUT2D eigenvalue weighted by Crippen LogP contribution is 2.35. The molecule has 1 aliphatic carbocycles. The Balaban J connectivity index is 1.32. The Labute approximate surface area is 209 Å². The average Bonchev–Trinajstić information content (AvgIpc) is 3.66.